The normalized spacial score (nSPS) is 26.4. The molecule has 0 saturated carbocycles. The van der Waals surface area contributed by atoms with Gasteiger partial charge in [-0.25, -0.2) is 0 Å². The number of thioether (sulfide) groups is 1. The molecule has 0 amide bonds. The standard InChI is InChI=1S/C11H16N2S/c1-8-6-14-7-11(8)13-10-3-4-12-9(2)5-10/h3-5,8,11H,6-7H2,1-2H3,(H,12,13). The van der Waals surface area contributed by atoms with Gasteiger partial charge in [-0.2, -0.15) is 11.8 Å². The third kappa shape index (κ3) is 2.21. The van der Waals surface area contributed by atoms with E-state index < -0.39 is 0 Å². The van der Waals surface area contributed by atoms with Crippen molar-refractivity contribution >= 4 is 17.4 Å². The van der Waals surface area contributed by atoms with E-state index in [2.05, 4.69) is 23.3 Å². The zero-order valence-electron chi connectivity index (χ0n) is 8.66. The van der Waals surface area contributed by atoms with Crippen molar-refractivity contribution in [3.8, 4) is 0 Å². The molecule has 0 radical (unpaired) electrons. The molecule has 76 valence electrons. The van der Waals surface area contributed by atoms with Gasteiger partial charge in [0, 0.05) is 29.4 Å². The summed E-state index contributed by atoms with van der Waals surface area (Å²) >= 11 is 2.04. The van der Waals surface area contributed by atoms with Gasteiger partial charge in [-0.05, 0) is 30.7 Å². The van der Waals surface area contributed by atoms with Gasteiger partial charge >= 0.3 is 0 Å². The SMILES string of the molecule is Cc1cc(NC2CSCC2C)ccn1. The van der Waals surface area contributed by atoms with E-state index in [1.165, 1.54) is 17.2 Å². The molecule has 2 heterocycles. The average molecular weight is 208 g/mol. The Bertz CT molecular complexity index is 314. The highest BCUT2D eigenvalue weighted by molar-refractivity contribution is 7.99. The first kappa shape index (κ1) is 9.84. The number of rotatable bonds is 2. The molecule has 2 atom stereocenters. The summed E-state index contributed by atoms with van der Waals surface area (Å²) in [6.07, 6.45) is 1.87. The summed E-state index contributed by atoms with van der Waals surface area (Å²) in [5.74, 6) is 3.28. The lowest BCUT2D eigenvalue weighted by Crippen LogP contribution is -2.25. The Kier molecular flexibility index (Phi) is 2.96. The highest BCUT2D eigenvalue weighted by Crippen LogP contribution is 2.26. The molecule has 2 rings (SSSR count). The lowest BCUT2D eigenvalue weighted by Gasteiger charge is -2.17. The fourth-order valence-electron chi connectivity index (χ4n) is 1.69. The fraction of sp³-hybridized carbons (Fsp3) is 0.545. The molecule has 1 aromatic heterocycles. The molecule has 1 aliphatic rings. The zero-order valence-corrected chi connectivity index (χ0v) is 9.47. The molecule has 3 heteroatoms. The summed E-state index contributed by atoms with van der Waals surface area (Å²) in [5, 5.41) is 3.57. The molecule has 1 aromatic rings. The monoisotopic (exact) mass is 208 g/mol. The molecule has 1 fully saturated rings. The van der Waals surface area contributed by atoms with Crippen LogP contribution < -0.4 is 5.32 Å². The van der Waals surface area contributed by atoms with Gasteiger partial charge in [0.15, 0.2) is 0 Å². The first-order chi connectivity index (χ1) is 6.75. The second kappa shape index (κ2) is 4.22. The second-order valence-electron chi connectivity index (χ2n) is 3.95. The molecule has 2 unspecified atom stereocenters. The highest BCUT2D eigenvalue weighted by atomic mass is 32.2. The Balaban J connectivity index is 2.03. The van der Waals surface area contributed by atoms with E-state index in [0.29, 0.717) is 6.04 Å². The fourth-order valence-corrected chi connectivity index (χ4v) is 3.10. The van der Waals surface area contributed by atoms with Gasteiger partial charge in [-0.3, -0.25) is 4.98 Å². The van der Waals surface area contributed by atoms with E-state index >= 15 is 0 Å². The maximum Gasteiger partial charge on any atom is 0.0393 e. The molecule has 0 aromatic carbocycles. The summed E-state index contributed by atoms with van der Waals surface area (Å²) in [7, 11) is 0. The van der Waals surface area contributed by atoms with Crippen molar-refractivity contribution in [1.29, 1.82) is 0 Å². The summed E-state index contributed by atoms with van der Waals surface area (Å²) in [6.45, 7) is 4.34. The van der Waals surface area contributed by atoms with Crippen LogP contribution in [-0.2, 0) is 0 Å². The van der Waals surface area contributed by atoms with Gasteiger partial charge in [0.2, 0.25) is 0 Å². The summed E-state index contributed by atoms with van der Waals surface area (Å²) in [4.78, 5) is 4.19. The minimum atomic E-state index is 0.627. The van der Waals surface area contributed by atoms with Crippen LogP contribution in [0.15, 0.2) is 18.3 Å². The molecule has 0 bridgehead atoms. The van der Waals surface area contributed by atoms with Crippen molar-refractivity contribution in [2.75, 3.05) is 16.8 Å². The van der Waals surface area contributed by atoms with Gasteiger partial charge in [0.25, 0.3) is 0 Å². The van der Waals surface area contributed by atoms with Crippen LogP contribution in [0.5, 0.6) is 0 Å². The molecule has 2 nitrogen and oxygen atoms in total. The zero-order chi connectivity index (χ0) is 9.97. The van der Waals surface area contributed by atoms with Gasteiger partial charge in [0.05, 0.1) is 0 Å². The molecule has 1 saturated heterocycles. The summed E-state index contributed by atoms with van der Waals surface area (Å²) in [5.41, 5.74) is 2.28. The number of hydrogen-bond donors (Lipinski definition) is 1. The first-order valence-corrected chi connectivity index (χ1v) is 6.18. The van der Waals surface area contributed by atoms with Crippen LogP contribution >= 0.6 is 11.8 Å². The Morgan fingerprint density at radius 2 is 2.36 bits per heavy atom. The predicted molar refractivity (Wildman–Crippen MR) is 62.9 cm³/mol. The predicted octanol–water partition coefficient (Wildman–Crippen LogP) is 2.55. The van der Waals surface area contributed by atoms with E-state index in [0.717, 1.165) is 11.6 Å². The van der Waals surface area contributed by atoms with Crippen LogP contribution in [0.1, 0.15) is 12.6 Å². The van der Waals surface area contributed by atoms with Crippen molar-refractivity contribution in [2.24, 2.45) is 5.92 Å². The number of hydrogen-bond acceptors (Lipinski definition) is 3. The van der Waals surface area contributed by atoms with E-state index in [4.69, 9.17) is 0 Å². The van der Waals surface area contributed by atoms with Crippen molar-refractivity contribution in [1.82, 2.24) is 4.98 Å². The third-order valence-electron chi connectivity index (χ3n) is 2.61. The van der Waals surface area contributed by atoms with Crippen LogP contribution in [0.3, 0.4) is 0 Å². The number of pyridine rings is 1. The number of nitrogens with zero attached hydrogens (tertiary/aromatic N) is 1. The molecule has 0 spiro atoms. The molecule has 0 aliphatic carbocycles. The number of aromatic nitrogens is 1. The van der Waals surface area contributed by atoms with Crippen molar-refractivity contribution in [2.45, 2.75) is 19.9 Å². The third-order valence-corrected chi connectivity index (χ3v) is 3.97. The highest BCUT2D eigenvalue weighted by Gasteiger charge is 2.23. The summed E-state index contributed by atoms with van der Waals surface area (Å²) < 4.78 is 0. The van der Waals surface area contributed by atoms with E-state index in [1.54, 1.807) is 0 Å². The van der Waals surface area contributed by atoms with Crippen LogP contribution in [0.25, 0.3) is 0 Å². The maximum atomic E-state index is 4.19. The Morgan fingerprint density at radius 3 is 3.00 bits per heavy atom. The van der Waals surface area contributed by atoms with E-state index in [1.807, 2.05) is 30.9 Å². The van der Waals surface area contributed by atoms with Crippen molar-refractivity contribution < 1.29 is 0 Å². The number of aryl methyl sites for hydroxylation is 1. The lowest BCUT2D eigenvalue weighted by molar-refractivity contribution is 0.599. The maximum absolute atomic E-state index is 4.19. The molecular formula is C11H16N2S. The van der Waals surface area contributed by atoms with Crippen LogP contribution in [-0.4, -0.2) is 22.5 Å². The van der Waals surface area contributed by atoms with Crippen LogP contribution in [0.4, 0.5) is 5.69 Å². The van der Waals surface area contributed by atoms with Crippen LogP contribution in [0, 0.1) is 12.8 Å². The van der Waals surface area contributed by atoms with Gasteiger partial charge in [0.1, 0.15) is 0 Å². The smallest absolute Gasteiger partial charge is 0.0393 e. The largest absolute Gasteiger partial charge is 0.381 e. The quantitative estimate of drug-likeness (QED) is 0.808. The van der Waals surface area contributed by atoms with Crippen molar-refractivity contribution in [3.05, 3.63) is 24.0 Å². The van der Waals surface area contributed by atoms with Crippen LogP contribution in [0.2, 0.25) is 0 Å². The second-order valence-corrected chi connectivity index (χ2v) is 5.03. The molecule has 14 heavy (non-hydrogen) atoms. The van der Waals surface area contributed by atoms with Crippen molar-refractivity contribution in [3.63, 3.8) is 0 Å². The lowest BCUT2D eigenvalue weighted by atomic mass is 10.1. The van der Waals surface area contributed by atoms with Gasteiger partial charge in [-0.1, -0.05) is 6.92 Å². The topological polar surface area (TPSA) is 24.9 Å². The summed E-state index contributed by atoms with van der Waals surface area (Å²) in [6, 6.07) is 4.78. The van der Waals surface area contributed by atoms with Gasteiger partial charge in [-0.15, -0.1) is 0 Å². The Hall–Kier alpha value is -0.700. The molecule has 1 N–H and O–H groups in total. The Labute approximate surface area is 89.5 Å². The number of nitrogens with one attached hydrogen (secondary N) is 1. The minimum Gasteiger partial charge on any atom is -0.381 e. The average Bonchev–Trinajstić information content (AvgIpc) is 2.52. The van der Waals surface area contributed by atoms with E-state index in [-0.39, 0.29) is 0 Å². The Morgan fingerprint density at radius 1 is 1.50 bits per heavy atom. The minimum absolute atomic E-state index is 0.627. The number of anilines is 1. The first-order valence-electron chi connectivity index (χ1n) is 5.02. The molecular weight excluding hydrogens is 192 g/mol. The van der Waals surface area contributed by atoms with Gasteiger partial charge < -0.3 is 5.32 Å². The van der Waals surface area contributed by atoms with E-state index in [9.17, 15) is 0 Å². The molecule has 1 aliphatic heterocycles.